The number of carbonyl (C=O) groups is 1. The number of benzene rings is 1. The lowest BCUT2D eigenvalue weighted by Crippen LogP contribution is -2.21. The molecule has 0 radical (unpaired) electrons. The third kappa shape index (κ3) is 5.60. The van der Waals surface area contributed by atoms with Crippen molar-refractivity contribution < 1.29 is 18.0 Å². The lowest BCUT2D eigenvalue weighted by Gasteiger charge is -2.13. The second kappa shape index (κ2) is 8.37. The minimum atomic E-state index is -4.60. The van der Waals surface area contributed by atoms with Crippen LogP contribution in [-0.2, 0) is 6.18 Å². The number of carbonyl (C=O) groups excluding carboxylic acids is 1. The summed E-state index contributed by atoms with van der Waals surface area (Å²) in [6, 6.07) is 6.23. The fourth-order valence-corrected chi connectivity index (χ4v) is 2.32. The number of amides is 1. The molecule has 0 fully saturated rings. The van der Waals surface area contributed by atoms with E-state index in [-0.39, 0.29) is 11.3 Å². The van der Waals surface area contributed by atoms with E-state index in [9.17, 15) is 18.0 Å². The highest BCUT2D eigenvalue weighted by Gasteiger charge is 2.33. The summed E-state index contributed by atoms with van der Waals surface area (Å²) >= 11 is 5.57. The Hall–Kier alpha value is -2.32. The molecule has 1 aromatic heterocycles. The van der Waals surface area contributed by atoms with Gasteiger partial charge in [-0.3, -0.25) is 4.79 Å². The molecular weight excluding hydrogens is 369 g/mol. The van der Waals surface area contributed by atoms with E-state index in [0.717, 1.165) is 18.7 Å². The van der Waals surface area contributed by atoms with Gasteiger partial charge in [-0.2, -0.15) is 13.2 Å². The van der Waals surface area contributed by atoms with E-state index < -0.39 is 22.7 Å². The largest absolute Gasteiger partial charge is 0.417 e. The van der Waals surface area contributed by atoms with Crippen molar-refractivity contribution in [1.29, 1.82) is 0 Å². The summed E-state index contributed by atoms with van der Waals surface area (Å²) in [6.45, 7) is 1.42. The zero-order chi connectivity index (χ0) is 19.3. The standard InChI is InChI=1S/C17H18ClF3N4O/c1-25(2)8-7-23-15-9-11(5-6-22-15)16(26)24-12-3-4-14(18)13(10-12)17(19,20)21/h3-6,9-10H,7-8H2,1-2H3,(H,22,23)(H,24,26). The maximum Gasteiger partial charge on any atom is 0.417 e. The summed E-state index contributed by atoms with van der Waals surface area (Å²) in [5.41, 5.74) is -0.723. The first-order valence-electron chi connectivity index (χ1n) is 7.69. The fourth-order valence-electron chi connectivity index (χ4n) is 2.10. The van der Waals surface area contributed by atoms with Crippen molar-refractivity contribution in [2.45, 2.75) is 6.18 Å². The Morgan fingerprint density at radius 3 is 2.62 bits per heavy atom. The van der Waals surface area contributed by atoms with E-state index in [1.165, 1.54) is 24.4 Å². The molecule has 1 aromatic carbocycles. The maximum absolute atomic E-state index is 12.9. The third-order valence-electron chi connectivity index (χ3n) is 3.42. The van der Waals surface area contributed by atoms with Crippen LogP contribution in [0.4, 0.5) is 24.7 Å². The number of nitrogens with one attached hydrogen (secondary N) is 2. The number of pyridine rings is 1. The summed E-state index contributed by atoms with van der Waals surface area (Å²) in [4.78, 5) is 18.4. The number of aromatic nitrogens is 1. The number of hydrogen-bond acceptors (Lipinski definition) is 4. The van der Waals surface area contributed by atoms with Crippen LogP contribution in [0, 0.1) is 0 Å². The summed E-state index contributed by atoms with van der Waals surface area (Å²) in [5, 5.41) is 5.09. The molecular formula is C17H18ClF3N4O. The van der Waals surface area contributed by atoms with Crippen molar-refractivity contribution in [2.75, 3.05) is 37.8 Å². The van der Waals surface area contributed by atoms with Gasteiger partial charge in [0.25, 0.3) is 5.91 Å². The van der Waals surface area contributed by atoms with Crippen LogP contribution in [-0.4, -0.2) is 43.0 Å². The van der Waals surface area contributed by atoms with Crippen LogP contribution in [0.15, 0.2) is 36.5 Å². The molecule has 2 rings (SSSR count). The Balaban J connectivity index is 2.10. The number of alkyl halides is 3. The van der Waals surface area contributed by atoms with Crippen LogP contribution in [0.5, 0.6) is 0 Å². The molecule has 2 aromatic rings. The highest BCUT2D eigenvalue weighted by molar-refractivity contribution is 6.31. The molecule has 1 heterocycles. The summed E-state index contributed by atoms with van der Waals surface area (Å²) < 4.78 is 38.7. The van der Waals surface area contributed by atoms with Crippen molar-refractivity contribution in [3.05, 3.63) is 52.7 Å². The highest BCUT2D eigenvalue weighted by atomic mass is 35.5. The first-order valence-corrected chi connectivity index (χ1v) is 8.07. The van der Waals surface area contributed by atoms with Crippen molar-refractivity contribution >= 4 is 29.0 Å². The third-order valence-corrected chi connectivity index (χ3v) is 3.75. The molecule has 2 N–H and O–H groups in total. The van der Waals surface area contributed by atoms with Crippen LogP contribution >= 0.6 is 11.6 Å². The average molecular weight is 387 g/mol. The predicted octanol–water partition coefficient (Wildman–Crippen LogP) is 3.98. The molecule has 0 unspecified atom stereocenters. The lowest BCUT2D eigenvalue weighted by atomic mass is 10.1. The number of halogens is 4. The van der Waals surface area contributed by atoms with Crippen LogP contribution in [0.25, 0.3) is 0 Å². The number of rotatable bonds is 6. The molecule has 0 saturated heterocycles. The van der Waals surface area contributed by atoms with Gasteiger partial charge >= 0.3 is 6.18 Å². The van der Waals surface area contributed by atoms with Crippen molar-refractivity contribution in [3.63, 3.8) is 0 Å². The van der Waals surface area contributed by atoms with Crippen LogP contribution in [0.3, 0.4) is 0 Å². The van der Waals surface area contributed by atoms with Gasteiger partial charge in [0.2, 0.25) is 0 Å². The van der Waals surface area contributed by atoms with E-state index >= 15 is 0 Å². The lowest BCUT2D eigenvalue weighted by molar-refractivity contribution is -0.137. The first-order chi connectivity index (χ1) is 12.2. The maximum atomic E-state index is 12.9. The molecule has 140 valence electrons. The van der Waals surface area contributed by atoms with E-state index in [4.69, 9.17) is 11.6 Å². The van der Waals surface area contributed by atoms with Gasteiger partial charge in [0.05, 0.1) is 10.6 Å². The van der Waals surface area contributed by atoms with Gasteiger partial charge in [0, 0.05) is 30.5 Å². The summed E-state index contributed by atoms with van der Waals surface area (Å²) in [6.07, 6.45) is -3.14. The first kappa shape index (κ1) is 20.0. The van der Waals surface area contributed by atoms with Crippen LogP contribution in [0.1, 0.15) is 15.9 Å². The second-order valence-electron chi connectivity index (χ2n) is 5.81. The Labute approximate surface area is 154 Å². The molecule has 0 atom stereocenters. The normalized spacial score (nSPS) is 11.5. The molecule has 0 bridgehead atoms. The Kier molecular flexibility index (Phi) is 6.44. The van der Waals surface area contributed by atoms with Crippen molar-refractivity contribution in [3.8, 4) is 0 Å². The molecule has 5 nitrogen and oxygen atoms in total. The van der Waals surface area contributed by atoms with Gasteiger partial charge in [-0.1, -0.05) is 11.6 Å². The van der Waals surface area contributed by atoms with Crippen LogP contribution < -0.4 is 10.6 Å². The SMILES string of the molecule is CN(C)CCNc1cc(C(=O)Nc2ccc(Cl)c(C(F)(F)F)c2)ccn1. The number of hydrogen-bond donors (Lipinski definition) is 2. The van der Waals surface area contributed by atoms with E-state index in [1.54, 1.807) is 0 Å². The van der Waals surface area contributed by atoms with Gasteiger partial charge in [0.15, 0.2) is 0 Å². The molecule has 0 aliphatic rings. The molecule has 26 heavy (non-hydrogen) atoms. The summed E-state index contributed by atoms with van der Waals surface area (Å²) in [5.74, 6) is -0.0370. The topological polar surface area (TPSA) is 57.3 Å². The monoisotopic (exact) mass is 386 g/mol. The quantitative estimate of drug-likeness (QED) is 0.788. The molecule has 1 amide bonds. The molecule has 9 heteroatoms. The second-order valence-corrected chi connectivity index (χ2v) is 6.21. The van der Waals surface area contributed by atoms with Gasteiger partial charge in [0.1, 0.15) is 5.82 Å². The summed E-state index contributed by atoms with van der Waals surface area (Å²) in [7, 11) is 3.86. The number of likely N-dealkylation sites (N-methyl/N-ethyl adjacent to an activating group) is 1. The highest BCUT2D eigenvalue weighted by Crippen LogP contribution is 2.36. The number of nitrogens with zero attached hydrogens (tertiary/aromatic N) is 2. The van der Waals surface area contributed by atoms with E-state index in [1.807, 2.05) is 19.0 Å². The molecule has 0 spiro atoms. The van der Waals surface area contributed by atoms with Crippen LogP contribution in [0.2, 0.25) is 5.02 Å². The molecule has 0 aliphatic heterocycles. The van der Waals surface area contributed by atoms with E-state index in [2.05, 4.69) is 15.6 Å². The minimum absolute atomic E-state index is 0.00524. The van der Waals surface area contributed by atoms with Gasteiger partial charge < -0.3 is 15.5 Å². The zero-order valence-electron chi connectivity index (χ0n) is 14.2. The Morgan fingerprint density at radius 2 is 1.96 bits per heavy atom. The van der Waals surface area contributed by atoms with Gasteiger partial charge in [-0.25, -0.2) is 4.98 Å². The molecule has 0 saturated carbocycles. The Morgan fingerprint density at radius 1 is 1.23 bits per heavy atom. The smallest absolute Gasteiger partial charge is 0.369 e. The van der Waals surface area contributed by atoms with Gasteiger partial charge in [-0.15, -0.1) is 0 Å². The fraction of sp³-hybridized carbons (Fsp3) is 0.294. The van der Waals surface area contributed by atoms with E-state index in [0.29, 0.717) is 12.4 Å². The predicted molar refractivity (Wildman–Crippen MR) is 95.7 cm³/mol. The Bertz CT molecular complexity index is 781. The van der Waals surface area contributed by atoms with Crippen molar-refractivity contribution in [1.82, 2.24) is 9.88 Å². The zero-order valence-corrected chi connectivity index (χ0v) is 14.9. The average Bonchev–Trinajstić information content (AvgIpc) is 2.55. The minimum Gasteiger partial charge on any atom is -0.369 e. The molecule has 0 aliphatic carbocycles. The number of anilines is 2. The van der Waals surface area contributed by atoms with Gasteiger partial charge in [-0.05, 0) is 44.4 Å². The van der Waals surface area contributed by atoms with Crippen molar-refractivity contribution in [2.24, 2.45) is 0 Å².